The molecule has 2 N–H and O–H groups in total. The quantitative estimate of drug-likeness (QED) is 0.0545. The van der Waals surface area contributed by atoms with E-state index in [1.807, 2.05) is 425 Å². The summed E-state index contributed by atoms with van der Waals surface area (Å²) in [5.74, 6) is 2.75. The van der Waals surface area contributed by atoms with Crippen LogP contribution in [0.2, 0.25) is 0 Å². The summed E-state index contributed by atoms with van der Waals surface area (Å²) in [6.07, 6.45) is 0. The van der Waals surface area contributed by atoms with E-state index in [0.717, 1.165) is 53.9 Å². The van der Waals surface area contributed by atoms with Crippen LogP contribution in [-0.2, 0) is 0 Å². The van der Waals surface area contributed by atoms with E-state index < -0.39 is 49.9 Å². The summed E-state index contributed by atoms with van der Waals surface area (Å²) in [5, 5.41) is 38.0. The van der Waals surface area contributed by atoms with Crippen molar-refractivity contribution in [3.8, 4) is 80.5 Å². The van der Waals surface area contributed by atoms with Crippen LogP contribution in [0.4, 0.5) is 0 Å². The summed E-state index contributed by atoms with van der Waals surface area (Å²) >= 11 is 0. The third-order valence-electron chi connectivity index (χ3n) is 23.1. The molecule has 1 aliphatic heterocycles. The van der Waals surface area contributed by atoms with Gasteiger partial charge in [0.15, 0.2) is 28.7 Å². The van der Waals surface area contributed by atoms with Crippen molar-refractivity contribution in [1.82, 2.24) is 23.0 Å². The van der Waals surface area contributed by atoms with Crippen LogP contribution in [0.15, 0.2) is 478 Å². The van der Waals surface area contributed by atoms with Crippen LogP contribution >= 0.6 is 49.9 Å². The highest BCUT2D eigenvalue weighted by Gasteiger charge is 2.62. The summed E-state index contributed by atoms with van der Waals surface area (Å²) in [7, 11) is -22.5. The van der Waals surface area contributed by atoms with E-state index >= 15 is 0 Å². The number of fused-ring (bicyclic) bond motifs is 10. The fraction of sp³-hybridized carbons (Fsp3) is 0. The van der Waals surface area contributed by atoms with E-state index in [9.17, 15) is 10.2 Å². The number of nitrogens with zero attached hydrogens (tertiary/aromatic N) is 6. The number of rotatable bonds is 24. The maximum absolute atomic E-state index is 11.8. The first-order valence-corrected chi connectivity index (χ1v) is 51.7. The molecule has 0 radical (unpaired) electrons. The normalized spacial score (nSPS) is 16.4. The molecule has 0 fully saturated rings. The van der Waals surface area contributed by atoms with Crippen LogP contribution in [0.3, 0.4) is 0 Å². The lowest BCUT2D eigenvalue weighted by atomic mass is 10.1. The van der Waals surface area contributed by atoms with E-state index in [4.69, 9.17) is 60.4 Å². The maximum Gasteiger partial charge on any atom is 0.447 e. The summed E-state index contributed by atoms with van der Waals surface area (Å²) in [5.41, 5.74) is 0. The van der Waals surface area contributed by atoms with Crippen molar-refractivity contribution < 1.29 is 66.1 Å². The van der Waals surface area contributed by atoms with E-state index in [1.165, 1.54) is 28.9 Å². The first kappa shape index (κ1) is 86.9. The van der Waals surface area contributed by atoms with Crippen LogP contribution in [-0.4, -0.2) is 33.2 Å². The van der Waals surface area contributed by atoms with E-state index in [-0.39, 0.29) is 57.5 Å². The van der Waals surface area contributed by atoms with Gasteiger partial charge >= 0.3 is 49.9 Å². The van der Waals surface area contributed by atoms with E-state index in [1.54, 1.807) is 42.7 Å². The minimum absolute atomic E-state index is 0.0583. The number of phenols is 2. The summed E-state index contributed by atoms with van der Waals surface area (Å²) < 4.78 is 74.5. The average molecular weight is 1920 g/mol. The SMILES string of the molecule is Oc1ccc(OP2(Oc3ccc(O)cc3)=NP(Oc3cccc4ccccc34)N(Oc3cccc4ccccc34)P(Oc3cccc4ccccc34)N(Oc3cccc4ccccc34)P(Oc3cccc4ccccc34)N(Oc3cccc4ccccc34)P(Oc3cccc4ccccc34)N(Oc3cccc4ccccc34)P(Oc3cccc4ccccc34)N2Oc2cccc3ccccc23)cc1. The van der Waals surface area contributed by atoms with Crippen molar-refractivity contribution in [2.45, 2.75) is 0 Å². The molecule has 0 amide bonds. The first-order chi connectivity index (χ1) is 68.2. The molecule has 1 heterocycles. The fourth-order valence-electron chi connectivity index (χ4n) is 16.5. The Morgan fingerprint density at radius 1 is 0.181 bits per heavy atom. The second-order valence-electron chi connectivity index (χ2n) is 32.0. The highest BCUT2D eigenvalue weighted by Crippen LogP contribution is 2.80. The van der Waals surface area contributed by atoms with E-state index in [2.05, 4.69) is 0 Å². The molecule has 672 valence electrons. The number of benzene rings is 22. The van der Waals surface area contributed by atoms with Gasteiger partial charge in [-0.25, -0.2) is 0 Å². The average Bonchev–Trinajstić information content (AvgIpc) is 0.730. The Bertz CT molecular complexity index is 8260. The Labute approximate surface area is 799 Å². The van der Waals surface area contributed by atoms with Gasteiger partial charge in [-0.2, -0.15) is 0 Å². The number of hydrogen-bond donors (Lipinski definition) is 2. The van der Waals surface area contributed by atoms with Gasteiger partial charge < -0.3 is 66.1 Å². The summed E-state index contributed by atoms with van der Waals surface area (Å²) in [4.78, 5) is 42.7. The molecule has 0 aromatic heterocycles. The van der Waals surface area contributed by atoms with Gasteiger partial charge in [0, 0.05) is 76.9 Å². The standard InChI is InChI=1S/C112H80N6O14P6/c119-89-71-75-91(76-72-89)131-138(132-92-77-73-90(120)74-78-92)113-133(126-108-66-26-46-84-36-6-16-56-98(84)108)114(121-103-61-21-41-79-31-1-11-51-93(79)103)134(127-109-67-27-47-85-37-7-17-57-99(85)109)115(122-104-62-22-42-80-32-2-12-52-94(80)104)135(128-110-68-28-48-86-38-8-18-58-100(86)110)116(123-105-63-23-43-81-33-3-13-53-95(81)105)136(129-111-69-29-49-87-39-9-19-59-101(87)111)117(124-106-64-24-44-82-34-4-14-54-96(82)106)137(130-112-70-30-50-88-40-10-20-60-102(88)112)118(138)125-107-65-25-45-83-35-5-15-55-97(83)107/h1-78,119-120H. The van der Waals surface area contributed by atoms with Crippen LogP contribution < -0.4 is 55.9 Å². The van der Waals surface area contributed by atoms with Gasteiger partial charge in [0.25, 0.3) is 0 Å². The topological polar surface area (TPSA) is 180 Å². The molecule has 20 nitrogen and oxygen atoms in total. The van der Waals surface area contributed by atoms with Gasteiger partial charge in [-0.3, -0.25) is 0 Å². The van der Waals surface area contributed by atoms with Crippen molar-refractivity contribution in [3.63, 3.8) is 0 Å². The monoisotopic (exact) mass is 1920 g/mol. The van der Waals surface area contributed by atoms with Gasteiger partial charge in [-0.1, -0.05) is 364 Å². The third kappa shape index (κ3) is 17.8. The van der Waals surface area contributed by atoms with E-state index in [0.29, 0.717) is 76.9 Å². The zero-order valence-electron chi connectivity index (χ0n) is 73.2. The minimum Gasteiger partial charge on any atom is -0.508 e. The van der Waals surface area contributed by atoms with Crippen LogP contribution in [0.1, 0.15) is 0 Å². The van der Waals surface area contributed by atoms with Crippen molar-refractivity contribution >= 4 is 158 Å². The van der Waals surface area contributed by atoms with Crippen LogP contribution in [0.5, 0.6) is 80.5 Å². The molecule has 22 aromatic rings. The molecule has 0 saturated carbocycles. The van der Waals surface area contributed by atoms with Crippen LogP contribution in [0, 0.1) is 0 Å². The molecule has 5 atom stereocenters. The predicted molar refractivity (Wildman–Crippen MR) is 556 cm³/mol. The first-order valence-electron chi connectivity index (χ1n) is 44.3. The molecule has 138 heavy (non-hydrogen) atoms. The minimum atomic E-state index is -5.49. The molecule has 0 aliphatic carbocycles. The molecule has 22 aromatic carbocycles. The van der Waals surface area contributed by atoms with Crippen molar-refractivity contribution in [3.05, 3.63) is 473 Å². The van der Waals surface area contributed by atoms with Gasteiger partial charge in [0.05, 0.1) is 0 Å². The van der Waals surface area contributed by atoms with Crippen molar-refractivity contribution in [2.75, 3.05) is 0 Å². The smallest absolute Gasteiger partial charge is 0.447 e. The number of hydrogen-bond acceptors (Lipinski definition) is 20. The molecule has 0 saturated heterocycles. The lowest BCUT2D eigenvalue weighted by molar-refractivity contribution is 0.0260. The van der Waals surface area contributed by atoms with Gasteiger partial charge in [0.2, 0.25) is 0 Å². The molecular weight excluding hydrogens is 1840 g/mol. The Morgan fingerprint density at radius 3 is 0.630 bits per heavy atom. The highest BCUT2D eigenvalue weighted by atomic mass is 31.3. The third-order valence-corrected chi connectivity index (χ3v) is 36.0. The number of aromatic hydroxyl groups is 2. The lowest BCUT2D eigenvalue weighted by Gasteiger charge is -2.46. The fourth-order valence-corrected chi connectivity index (χ4v) is 30.9. The second kappa shape index (κ2) is 38.9. The van der Waals surface area contributed by atoms with Crippen LogP contribution in [0.25, 0.3) is 108 Å². The molecule has 23 rings (SSSR count). The Kier molecular flexibility index (Phi) is 24.5. The Balaban J connectivity index is 0.971. The largest absolute Gasteiger partial charge is 0.508 e. The molecule has 26 heteroatoms. The van der Waals surface area contributed by atoms with Gasteiger partial charge in [-0.15, -0.1) is 4.52 Å². The summed E-state index contributed by atoms with van der Waals surface area (Å²) in [6.45, 7) is 0. The molecule has 1 aliphatic rings. The predicted octanol–water partition coefficient (Wildman–Crippen LogP) is 33.1. The van der Waals surface area contributed by atoms with Gasteiger partial charge in [0.1, 0.15) is 51.7 Å². The number of phenolic OH excluding ortho intramolecular Hbond substituents is 2. The highest BCUT2D eigenvalue weighted by molar-refractivity contribution is 7.79. The molecular formula is C112H80N6O14P6. The maximum atomic E-state index is 11.8. The van der Waals surface area contributed by atoms with Crippen molar-refractivity contribution in [2.24, 2.45) is 4.52 Å². The Hall–Kier alpha value is -15.2. The lowest BCUT2D eigenvalue weighted by Crippen LogP contribution is -2.41. The van der Waals surface area contributed by atoms with Crippen molar-refractivity contribution in [1.29, 1.82) is 0 Å². The van der Waals surface area contributed by atoms with Gasteiger partial charge in [-0.05, 0) is 163 Å². The second-order valence-corrected chi connectivity index (χ2v) is 42.7. The molecule has 5 unspecified atom stereocenters. The summed E-state index contributed by atoms with van der Waals surface area (Å²) in [6, 6.07) is 150. The molecule has 0 bridgehead atoms. The zero-order valence-corrected chi connectivity index (χ0v) is 78.6. The zero-order chi connectivity index (χ0) is 92.3. The Morgan fingerprint density at radius 2 is 0.370 bits per heavy atom. The molecule has 0 spiro atoms.